The summed E-state index contributed by atoms with van der Waals surface area (Å²) in [6.07, 6.45) is 0.656. The maximum Gasteiger partial charge on any atom is 0.416 e. The van der Waals surface area contributed by atoms with Crippen LogP contribution in [-0.4, -0.2) is 75.9 Å². The maximum absolute atomic E-state index is 14.0. The molecule has 1 aliphatic rings. The van der Waals surface area contributed by atoms with E-state index in [0.29, 0.717) is 40.9 Å². The predicted octanol–water partition coefficient (Wildman–Crippen LogP) is 3.37. The number of anilines is 2. The Kier molecular flexibility index (Phi) is 8.74. The molecule has 1 aliphatic heterocycles. The van der Waals surface area contributed by atoms with Gasteiger partial charge in [-0.2, -0.15) is 17.5 Å². The first kappa shape index (κ1) is 31.8. The van der Waals surface area contributed by atoms with Crippen LogP contribution < -0.4 is 11.1 Å². The van der Waals surface area contributed by atoms with E-state index in [1.807, 2.05) is 13.8 Å². The number of benzene rings is 1. The van der Waals surface area contributed by atoms with Gasteiger partial charge in [0.15, 0.2) is 0 Å². The van der Waals surface area contributed by atoms with Gasteiger partial charge in [0.25, 0.3) is 5.91 Å². The van der Waals surface area contributed by atoms with Gasteiger partial charge in [0.05, 0.1) is 40.5 Å². The molecule has 4 heterocycles. The Bertz CT molecular complexity index is 1970. The third-order valence-corrected chi connectivity index (χ3v) is 8.66. The summed E-state index contributed by atoms with van der Waals surface area (Å²) in [4.78, 5) is 32.0. The molecule has 0 atom stereocenters. The van der Waals surface area contributed by atoms with Gasteiger partial charge in [-0.3, -0.25) is 14.7 Å². The van der Waals surface area contributed by atoms with E-state index >= 15 is 0 Å². The van der Waals surface area contributed by atoms with Gasteiger partial charge in [-0.15, -0.1) is 0 Å². The van der Waals surface area contributed by atoms with Crippen molar-refractivity contribution < 1.29 is 26.4 Å². The minimum atomic E-state index is -4.68. The summed E-state index contributed by atoms with van der Waals surface area (Å²) in [6, 6.07) is 5.06. The standard InChI is InChI=1S/C30H29F3N8O3S/c1-18-19(2)38-27-24(28(34)36-16-26(27)37-18)7-4-20-12-22(15-35-14-20)29(42)39-23-6-5-21(25(13-23)30(31,32)33)17-40-8-10-41(11-9-40)45(3,43)44/h5-6,12-16H,8-11,17H2,1-3H3,(H2,34,36)(H,39,42). The van der Waals surface area contributed by atoms with Gasteiger partial charge >= 0.3 is 6.18 Å². The zero-order valence-electron chi connectivity index (χ0n) is 24.6. The third kappa shape index (κ3) is 7.36. The number of aryl methyl sites for hydroxylation is 2. The van der Waals surface area contributed by atoms with Crippen molar-refractivity contribution in [2.24, 2.45) is 0 Å². The molecular weight excluding hydrogens is 609 g/mol. The fraction of sp³-hybridized carbons (Fsp3) is 0.300. The molecular formula is C30H29F3N8O3S. The van der Waals surface area contributed by atoms with Crippen LogP contribution in [0.5, 0.6) is 0 Å². The van der Waals surface area contributed by atoms with Crippen molar-refractivity contribution in [3.05, 3.63) is 82.1 Å². The molecule has 1 fully saturated rings. The summed E-state index contributed by atoms with van der Waals surface area (Å²) >= 11 is 0. The van der Waals surface area contributed by atoms with E-state index in [1.165, 1.54) is 41.1 Å². The summed E-state index contributed by atoms with van der Waals surface area (Å²) in [7, 11) is -3.36. The topological polar surface area (TPSA) is 147 Å². The molecule has 4 aromatic rings. The highest BCUT2D eigenvalue weighted by atomic mass is 32.2. The fourth-order valence-electron chi connectivity index (χ4n) is 4.82. The highest BCUT2D eigenvalue weighted by Gasteiger charge is 2.34. The molecule has 1 saturated heterocycles. The molecule has 0 aliphatic carbocycles. The van der Waals surface area contributed by atoms with Crippen LogP contribution in [0.1, 0.15) is 44.0 Å². The lowest BCUT2D eigenvalue weighted by Gasteiger charge is -2.33. The average Bonchev–Trinajstić information content (AvgIpc) is 2.98. The maximum atomic E-state index is 14.0. The lowest BCUT2D eigenvalue weighted by atomic mass is 10.0. The number of fused-ring (bicyclic) bond motifs is 1. The second kappa shape index (κ2) is 12.4. The van der Waals surface area contributed by atoms with Crippen molar-refractivity contribution in [3.8, 4) is 11.8 Å². The third-order valence-electron chi connectivity index (χ3n) is 7.35. The smallest absolute Gasteiger partial charge is 0.383 e. The zero-order valence-corrected chi connectivity index (χ0v) is 25.4. The Balaban J connectivity index is 1.34. The Morgan fingerprint density at radius 1 is 1.02 bits per heavy atom. The first-order valence-electron chi connectivity index (χ1n) is 13.7. The number of carbonyl (C=O) groups is 1. The minimum Gasteiger partial charge on any atom is -0.383 e. The molecule has 3 aromatic heterocycles. The molecule has 1 amide bonds. The molecule has 45 heavy (non-hydrogen) atoms. The van der Waals surface area contributed by atoms with Gasteiger partial charge in [0.2, 0.25) is 10.0 Å². The van der Waals surface area contributed by atoms with Crippen LogP contribution in [0.25, 0.3) is 11.0 Å². The summed E-state index contributed by atoms with van der Waals surface area (Å²) in [5.41, 5.74) is 8.43. The molecule has 0 radical (unpaired) electrons. The van der Waals surface area contributed by atoms with Crippen molar-refractivity contribution in [2.45, 2.75) is 26.6 Å². The molecule has 1 aromatic carbocycles. The molecule has 5 rings (SSSR count). The monoisotopic (exact) mass is 638 g/mol. The Morgan fingerprint density at radius 2 is 1.73 bits per heavy atom. The molecule has 3 N–H and O–H groups in total. The number of hydrogen-bond acceptors (Lipinski definition) is 9. The zero-order chi connectivity index (χ0) is 32.5. The molecule has 0 spiro atoms. The lowest BCUT2D eigenvalue weighted by molar-refractivity contribution is -0.138. The van der Waals surface area contributed by atoms with Crippen molar-refractivity contribution in [1.29, 1.82) is 0 Å². The van der Waals surface area contributed by atoms with E-state index in [-0.39, 0.29) is 42.3 Å². The molecule has 0 bridgehead atoms. The van der Waals surface area contributed by atoms with Crippen LogP contribution in [-0.2, 0) is 22.7 Å². The lowest BCUT2D eigenvalue weighted by Crippen LogP contribution is -2.47. The van der Waals surface area contributed by atoms with Crippen molar-refractivity contribution >= 4 is 38.5 Å². The molecule has 0 saturated carbocycles. The summed E-state index contributed by atoms with van der Waals surface area (Å²) < 4.78 is 66.9. The second-order valence-corrected chi connectivity index (χ2v) is 12.6. The van der Waals surface area contributed by atoms with Crippen LogP contribution in [0.3, 0.4) is 0 Å². The normalized spacial score (nSPS) is 14.6. The van der Waals surface area contributed by atoms with Gasteiger partial charge in [0.1, 0.15) is 16.9 Å². The summed E-state index contributed by atoms with van der Waals surface area (Å²) in [5.74, 6) is 5.33. The number of pyridine rings is 2. The number of nitrogen functional groups attached to an aromatic ring is 1. The Hall–Kier alpha value is -4.65. The molecule has 0 unspecified atom stereocenters. The van der Waals surface area contributed by atoms with Crippen LogP contribution in [0, 0.1) is 25.7 Å². The van der Waals surface area contributed by atoms with Gasteiger partial charge in [-0.05, 0) is 37.6 Å². The number of nitrogens with two attached hydrogens (primary N) is 1. The molecule has 15 heteroatoms. The van der Waals surface area contributed by atoms with Crippen LogP contribution in [0.4, 0.5) is 24.7 Å². The Labute approximate surface area is 257 Å². The number of rotatable bonds is 5. The number of aromatic nitrogens is 4. The molecule has 11 nitrogen and oxygen atoms in total. The van der Waals surface area contributed by atoms with Crippen molar-refractivity contribution in [3.63, 3.8) is 0 Å². The highest BCUT2D eigenvalue weighted by Crippen LogP contribution is 2.35. The van der Waals surface area contributed by atoms with E-state index < -0.39 is 27.7 Å². The first-order valence-corrected chi connectivity index (χ1v) is 15.6. The van der Waals surface area contributed by atoms with Gasteiger partial charge < -0.3 is 11.1 Å². The summed E-state index contributed by atoms with van der Waals surface area (Å²) in [6.45, 7) is 4.62. The van der Waals surface area contributed by atoms with Gasteiger partial charge in [0, 0.05) is 56.4 Å². The largest absolute Gasteiger partial charge is 0.416 e. The van der Waals surface area contributed by atoms with Gasteiger partial charge in [-0.25, -0.2) is 23.4 Å². The van der Waals surface area contributed by atoms with E-state index in [0.717, 1.165) is 18.0 Å². The van der Waals surface area contributed by atoms with Crippen LogP contribution >= 0.6 is 0 Å². The second-order valence-electron chi connectivity index (χ2n) is 10.6. The van der Waals surface area contributed by atoms with Crippen molar-refractivity contribution in [2.75, 3.05) is 43.5 Å². The predicted molar refractivity (Wildman–Crippen MR) is 163 cm³/mol. The number of amides is 1. The number of sulfonamides is 1. The first-order chi connectivity index (χ1) is 21.2. The number of nitrogens with one attached hydrogen (secondary N) is 1. The number of carbonyl (C=O) groups excluding carboxylic acids is 1. The summed E-state index contributed by atoms with van der Waals surface area (Å²) in [5, 5.41) is 2.51. The minimum absolute atomic E-state index is 0.0180. The molecule has 234 valence electrons. The quantitative estimate of drug-likeness (QED) is 0.314. The fourth-order valence-corrected chi connectivity index (χ4v) is 5.65. The van der Waals surface area contributed by atoms with E-state index in [1.54, 1.807) is 4.90 Å². The van der Waals surface area contributed by atoms with Crippen LogP contribution in [0.15, 0.2) is 42.9 Å². The van der Waals surface area contributed by atoms with E-state index in [9.17, 15) is 26.4 Å². The van der Waals surface area contributed by atoms with E-state index in [2.05, 4.69) is 37.1 Å². The van der Waals surface area contributed by atoms with Gasteiger partial charge in [-0.1, -0.05) is 17.9 Å². The van der Waals surface area contributed by atoms with E-state index in [4.69, 9.17) is 5.73 Å². The number of hydrogen-bond donors (Lipinski definition) is 2. The number of halogens is 3. The number of nitrogens with zero attached hydrogens (tertiary/aromatic N) is 6. The highest BCUT2D eigenvalue weighted by molar-refractivity contribution is 7.88. The number of piperazine rings is 1. The SMILES string of the molecule is Cc1nc2cnc(N)c(C#Cc3cncc(C(=O)Nc4ccc(CN5CCN(S(C)(=O)=O)CC5)c(C(F)(F)F)c4)c3)c2nc1C. The van der Waals surface area contributed by atoms with Crippen molar-refractivity contribution in [1.82, 2.24) is 29.1 Å². The average molecular weight is 639 g/mol. The number of alkyl halides is 3. The Morgan fingerprint density at radius 3 is 2.42 bits per heavy atom. The van der Waals surface area contributed by atoms with Crippen LogP contribution in [0.2, 0.25) is 0 Å².